The first-order chi connectivity index (χ1) is 15.6. The SMILES string of the molecule is COc1cc(N2CC3(CC(OCC(=O)N4CCCC4)CCO3)C2)ncn1.O=C(O)C(F)(F)F. The lowest BCUT2D eigenvalue weighted by Gasteiger charge is -2.53. The van der Waals surface area contributed by atoms with E-state index in [1.807, 2.05) is 11.0 Å². The van der Waals surface area contributed by atoms with Crippen molar-refractivity contribution in [3.05, 3.63) is 12.4 Å². The topological polar surface area (TPSA) is 114 Å². The Kier molecular flexibility index (Phi) is 7.95. The molecule has 0 bridgehead atoms. The van der Waals surface area contributed by atoms with Crippen LogP contribution >= 0.6 is 0 Å². The molecule has 4 heterocycles. The number of methoxy groups -OCH3 is 1. The number of carbonyl (C=O) groups is 2. The Morgan fingerprint density at radius 3 is 2.55 bits per heavy atom. The molecule has 3 aliphatic heterocycles. The third-order valence-electron chi connectivity index (χ3n) is 5.71. The van der Waals surface area contributed by atoms with Crippen LogP contribution in [-0.4, -0.2) is 96.2 Å². The van der Waals surface area contributed by atoms with E-state index in [-0.39, 0.29) is 24.2 Å². The minimum Gasteiger partial charge on any atom is -0.481 e. The fourth-order valence-electron chi connectivity index (χ4n) is 4.02. The average Bonchev–Trinajstić information content (AvgIpc) is 3.31. The number of nitrogens with zero attached hydrogens (tertiary/aromatic N) is 4. The molecule has 1 spiro atoms. The third-order valence-corrected chi connectivity index (χ3v) is 5.71. The molecule has 3 fully saturated rings. The maximum Gasteiger partial charge on any atom is 0.490 e. The van der Waals surface area contributed by atoms with Crippen LogP contribution in [0.3, 0.4) is 0 Å². The molecule has 4 rings (SSSR count). The smallest absolute Gasteiger partial charge is 0.481 e. The molecule has 0 aliphatic carbocycles. The monoisotopic (exact) mass is 476 g/mol. The molecule has 1 aromatic rings. The molecule has 184 valence electrons. The molecule has 0 aromatic carbocycles. The zero-order valence-electron chi connectivity index (χ0n) is 18.2. The molecular weight excluding hydrogens is 449 g/mol. The molecule has 33 heavy (non-hydrogen) atoms. The van der Waals surface area contributed by atoms with Crippen LogP contribution in [-0.2, 0) is 19.1 Å². The number of alkyl halides is 3. The molecule has 1 unspecified atom stereocenters. The van der Waals surface area contributed by atoms with Gasteiger partial charge in [0.2, 0.25) is 11.8 Å². The van der Waals surface area contributed by atoms with E-state index in [0.717, 1.165) is 57.7 Å². The van der Waals surface area contributed by atoms with Gasteiger partial charge < -0.3 is 29.1 Å². The van der Waals surface area contributed by atoms with Gasteiger partial charge in [-0.25, -0.2) is 14.8 Å². The summed E-state index contributed by atoms with van der Waals surface area (Å²) in [5.74, 6) is -1.24. The van der Waals surface area contributed by atoms with Crippen LogP contribution in [0.25, 0.3) is 0 Å². The van der Waals surface area contributed by atoms with Crippen LogP contribution in [0.4, 0.5) is 19.0 Å². The Labute approximate surface area is 188 Å². The van der Waals surface area contributed by atoms with Crippen LogP contribution in [0, 0.1) is 0 Å². The van der Waals surface area contributed by atoms with E-state index in [1.54, 1.807) is 7.11 Å². The number of carboxylic acid groups (broad SMARTS) is 1. The van der Waals surface area contributed by atoms with Gasteiger partial charge >= 0.3 is 12.1 Å². The number of rotatable bonds is 5. The second kappa shape index (κ2) is 10.5. The van der Waals surface area contributed by atoms with Crippen molar-refractivity contribution in [3.8, 4) is 5.88 Å². The minimum absolute atomic E-state index is 0.0809. The van der Waals surface area contributed by atoms with Gasteiger partial charge in [0.25, 0.3) is 0 Å². The molecule has 13 heteroatoms. The van der Waals surface area contributed by atoms with Crippen LogP contribution in [0.15, 0.2) is 12.4 Å². The van der Waals surface area contributed by atoms with Crippen molar-refractivity contribution >= 4 is 17.7 Å². The Bertz CT molecular complexity index is 828. The van der Waals surface area contributed by atoms with Gasteiger partial charge in [-0.05, 0) is 19.3 Å². The molecule has 1 N–H and O–H groups in total. The lowest BCUT2D eigenvalue weighted by molar-refractivity contribution is -0.192. The van der Waals surface area contributed by atoms with E-state index in [0.29, 0.717) is 12.5 Å². The maximum atomic E-state index is 12.2. The van der Waals surface area contributed by atoms with Crippen molar-refractivity contribution in [3.63, 3.8) is 0 Å². The molecular formula is C20H27F3N4O6. The highest BCUT2D eigenvalue weighted by Gasteiger charge is 2.48. The number of carboxylic acids is 1. The highest BCUT2D eigenvalue weighted by molar-refractivity contribution is 5.77. The number of hydrogen-bond donors (Lipinski definition) is 1. The average molecular weight is 476 g/mol. The van der Waals surface area contributed by atoms with E-state index >= 15 is 0 Å². The first kappa shape index (κ1) is 25.0. The number of anilines is 1. The molecule has 10 nitrogen and oxygen atoms in total. The number of hydrogen-bond acceptors (Lipinski definition) is 8. The molecule has 1 aromatic heterocycles. The summed E-state index contributed by atoms with van der Waals surface area (Å²) < 4.78 is 48.9. The van der Waals surface area contributed by atoms with Gasteiger partial charge in [-0.2, -0.15) is 13.2 Å². The number of likely N-dealkylation sites (tertiary alicyclic amines) is 1. The van der Waals surface area contributed by atoms with Gasteiger partial charge in [-0.1, -0.05) is 0 Å². The van der Waals surface area contributed by atoms with E-state index in [9.17, 15) is 18.0 Å². The van der Waals surface area contributed by atoms with Crippen molar-refractivity contribution in [1.82, 2.24) is 14.9 Å². The summed E-state index contributed by atoms with van der Waals surface area (Å²) in [4.78, 5) is 33.5. The van der Waals surface area contributed by atoms with Crippen molar-refractivity contribution in [2.75, 3.05) is 51.4 Å². The fourth-order valence-corrected chi connectivity index (χ4v) is 4.02. The number of carbonyl (C=O) groups excluding carboxylic acids is 1. The standard InChI is InChI=1S/C18H26N4O4.C2HF3O2/c1-24-16-8-15(19-13-20-16)22-11-18(12-22)9-14(4-7-26-18)25-10-17(23)21-5-2-3-6-21;3-2(4,5)1(6)7/h8,13-14H,2-7,9-12H2,1H3;(H,6,7). The third kappa shape index (κ3) is 6.67. The van der Waals surface area contributed by atoms with Crippen molar-refractivity contribution < 1.29 is 42.1 Å². The van der Waals surface area contributed by atoms with Gasteiger partial charge in [0.15, 0.2) is 0 Å². The van der Waals surface area contributed by atoms with Gasteiger partial charge in [0.05, 0.1) is 26.3 Å². The highest BCUT2D eigenvalue weighted by atomic mass is 19.4. The summed E-state index contributed by atoms with van der Waals surface area (Å²) in [5, 5.41) is 7.12. The first-order valence-electron chi connectivity index (χ1n) is 10.6. The van der Waals surface area contributed by atoms with E-state index < -0.39 is 12.1 Å². The van der Waals surface area contributed by atoms with Gasteiger partial charge in [0, 0.05) is 32.2 Å². The van der Waals surface area contributed by atoms with Gasteiger partial charge in [-0.15, -0.1) is 0 Å². The van der Waals surface area contributed by atoms with E-state index in [4.69, 9.17) is 24.1 Å². The number of aliphatic carboxylic acids is 1. The predicted molar refractivity (Wildman–Crippen MR) is 108 cm³/mol. The summed E-state index contributed by atoms with van der Waals surface area (Å²) in [6.07, 6.45) is 0.384. The Morgan fingerprint density at radius 2 is 1.94 bits per heavy atom. The summed E-state index contributed by atoms with van der Waals surface area (Å²) >= 11 is 0. The summed E-state index contributed by atoms with van der Waals surface area (Å²) in [5.41, 5.74) is -0.197. The number of ether oxygens (including phenoxy) is 3. The second-order valence-electron chi connectivity index (χ2n) is 8.12. The lowest BCUT2D eigenvalue weighted by Crippen LogP contribution is -2.66. The Morgan fingerprint density at radius 1 is 1.27 bits per heavy atom. The Hall–Kier alpha value is -2.67. The van der Waals surface area contributed by atoms with Gasteiger partial charge in [0.1, 0.15) is 24.4 Å². The van der Waals surface area contributed by atoms with Crippen molar-refractivity contribution in [2.45, 2.75) is 43.6 Å². The summed E-state index contributed by atoms with van der Waals surface area (Å²) in [6.45, 7) is 4.14. The van der Waals surface area contributed by atoms with E-state index in [2.05, 4.69) is 14.9 Å². The summed E-state index contributed by atoms with van der Waals surface area (Å²) in [6, 6.07) is 1.83. The van der Waals surface area contributed by atoms with Crippen LogP contribution in [0.1, 0.15) is 25.7 Å². The van der Waals surface area contributed by atoms with Crippen molar-refractivity contribution in [2.24, 2.45) is 0 Å². The minimum atomic E-state index is -5.08. The summed E-state index contributed by atoms with van der Waals surface area (Å²) in [7, 11) is 1.60. The second-order valence-corrected chi connectivity index (χ2v) is 8.12. The molecule has 1 atom stereocenters. The number of amides is 1. The van der Waals surface area contributed by atoms with E-state index in [1.165, 1.54) is 6.33 Å². The quantitative estimate of drug-likeness (QED) is 0.675. The molecule has 0 saturated carbocycles. The molecule has 1 amide bonds. The van der Waals surface area contributed by atoms with Crippen LogP contribution in [0.2, 0.25) is 0 Å². The molecule has 3 saturated heterocycles. The van der Waals surface area contributed by atoms with Crippen LogP contribution < -0.4 is 9.64 Å². The largest absolute Gasteiger partial charge is 0.490 e. The van der Waals surface area contributed by atoms with Crippen LogP contribution in [0.5, 0.6) is 5.88 Å². The van der Waals surface area contributed by atoms with Crippen molar-refractivity contribution in [1.29, 1.82) is 0 Å². The number of aromatic nitrogens is 2. The fraction of sp³-hybridized carbons (Fsp3) is 0.700. The lowest BCUT2D eigenvalue weighted by atomic mass is 9.84. The predicted octanol–water partition coefficient (Wildman–Crippen LogP) is 1.50. The van der Waals surface area contributed by atoms with Gasteiger partial charge in [-0.3, -0.25) is 4.79 Å². The first-order valence-corrected chi connectivity index (χ1v) is 10.6. The highest BCUT2D eigenvalue weighted by Crippen LogP contribution is 2.37. The molecule has 0 radical (unpaired) electrons. The normalized spacial score (nSPS) is 21.8. The Balaban J connectivity index is 0.000000383. The zero-order valence-corrected chi connectivity index (χ0v) is 18.2. The number of halogens is 3. The molecule has 3 aliphatic rings. The maximum absolute atomic E-state index is 12.2. The zero-order chi connectivity index (χ0) is 24.1.